The number of hydrogen-bond acceptors (Lipinski definition) is 6. The summed E-state index contributed by atoms with van der Waals surface area (Å²) in [5, 5.41) is 12.1. The van der Waals surface area contributed by atoms with Crippen molar-refractivity contribution in [3.05, 3.63) is 59.3 Å². The number of fused-ring (bicyclic) bond motifs is 4. The second-order valence-corrected chi connectivity index (χ2v) is 10.6. The van der Waals surface area contributed by atoms with Gasteiger partial charge in [-0.3, -0.25) is 4.57 Å². The molecule has 0 saturated heterocycles. The zero-order valence-electron chi connectivity index (χ0n) is 18.4. The molecule has 0 spiro atoms. The number of halogens is 2. The molecule has 3 N–H and O–H groups in total. The summed E-state index contributed by atoms with van der Waals surface area (Å²) in [4.78, 5) is 0. The summed E-state index contributed by atoms with van der Waals surface area (Å²) >= 11 is 0. The fourth-order valence-electron chi connectivity index (χ4n) is 4.59. The molecule has 0 atom stereocenters. The summed E-state index contributed by atoms with van der Waals surface area (Å²) < 4.78 is 57.4. The van der Waals surface area contributed by atoms with E-state index >= 15 is 4.39 Å². The molecule has 33 heavy (non-hydrogen) atoms. The van der Waals surface area contributed by atoms with Crippen molar-refractivity contribution < 1.29 is 17.2 Å². The third-order valence-electron chi connectivity index (χ3n) is 5.99. The second-order valence-electron chi connectivity index (χ2n) is 8.73. The van der Waals surface area contributed by atoms with Crippen LogP contribution in [0.4, 0.5) is 14.5 Å². The molecule has 3 heterocycles. The van der Waals surface area contributed by atoms with Crippen molar-refractivity contribution in [2.75, 3.05) is 11.6 Å². The Morgan fingerprint density at radius 3 is 2.55 bits per heavy atom. The first-order chi connectivity index (χ1) is 15.4. The highest BCUT2D eigenvalue weighted by Gasteiger charge is 2.37. The fourth-order valence-corrected chi connectivity index (χ4v) is 5.38. The van der Waals surface area contributed by atoms with Crippen molar-refractivity contribution >= 4 is 26.6 Å². The molecule has 0 saturated carbocycles. The molecule has 0 amide bonds. The highest BCUT2D eigenvalue weighted by molar-refractivity contribution is 7.89. The van der Waals surface area contributed by atoms with Crippen molar-refractivity contribution in [2.24, 2.45) is 5.73 Å². The number of benzene rings is 2. The first-order valence-corrected chi connectivity index (χ1v) is 12.1. The Balaban J connectivity index is 1.89. The van der Waals surface area contributed by atoms with Crippen molar-refractivity contribution in [1.82, 2.24) is 18.7 Å². The largest absolute Gasteiger partial charge is 0.369 e. The van der Waals surface area contributed by atoms with Gasteiger partial charge in [0.05, 0.1) is 28.7 Å². The Labute approximate surface area is 189 Å². The molecule has 0 fully saturated rings. The van der Waals surface area contributed by atoms with E-state index in [0.29, 0.717) is 39.4 Å². The third-order valence-corrected chi connectivity index (χ3v) is 7.02. The molecule has 4 aromatic rings. The molecule has 0 bridgehead atoms. The molecule has 1 aliphatic rings. The number of hydrogen-bond donors (Lipinski definition) is 2. The Morgan fingerprint density at radius 1 is 1.15 bits per heavy atom. The lowest BCUT2D eigenvalue weighted by atomic mass is 9.91. The second kappa shape index (κ2) is 6.84. The lowest BCUT2D eigenvalue weighted by Crippen LogP contribution is -2.37. The maximum atomic E-state index is 15.6. The van der Waals surface area contributed by atoms with Crippen LogP contribution in [-0.4, -0.2) is 33.4 Å². The van der Waals surface area contributed by atoms with Gasteiger partial charge in [-0.2, -0.15) is 0 Å². The van der Waals surface area contributed by atoms with Gasteiger partial charge in [0.2, 0.25) is 10.0 Å². The zero-order chi connectivity index (χ0) is 23.9. The Hall–Kier alpha value is -3.31. The molecular weight excluding hydrogens is 450 g/mol. The van der Waals surface area contributed by atoms with Gasteiger partial charge in [-0.05, 0) is 56.2 Å². The van der Waals surface area contributed by atoms with Gasteiger partial charge < -0.3 is 11.1 Å². The van der Waals surface area contributed by atoms with E-state index in [9.17, 15) is 12.8 Å². The third kappa shape index (κ3) is 3.06. The lowest BCUT2D eigenvalue weighted by molar-refractivity contribution is 0.521. The van der Waals surface area contributed by atoms with Crippen LogP contribution in [0.3, 0.4) is 0 Å². The molecule has 2 aromatic heterocycles. The van der Waals surface area contributed by atoms with Gasteiger partial charge in [-0.25, -0.2) is 21.2 Å². The van der Waals surface area contributed by atoms with E-state index in [-0.39, 0.29) is 17.7 Å². The minimum atomic E-state index is -3.67. The van der Waals surface area contributed by atoms with Crippen molar-refractivity contribution in [3.63, 3.8) is 0 Å². The van der Waals surface area contributed by atoms with E-state index in [2.05, 4.69) is 15.5 Å². The zero-order valence-corrected chi connectivity index (χ0v) is 19.3. The number of anilines is 1. The standard InChI is InChI=1S/C22H22F2N6O2S/c1-11-27-28-21-22(2,3)26-19-17(24)9-15(16(10-25)20(19)30(11)21)14-7-12(23)8-18-13(14)5-6-29(18)33(4,31)32/h5-9,26H,10,25H2,1-4H3. The number of nitrogens with one attached hydrogen (secondary N) is 1. The van der Waals surface area contributed by atoms with Gasteiger partial charge in [-0.1, -0.05) is 0 Å². The number of aryl methyl sites for hydroxylation is 1. The van der Waals surface area contributed by atoms with Gasteiger partial charge in [0.15, 0.2) is 5.82 Å². The highest BCUT2D eigenvalue weighted by atomic mass is 32.2. The summed E-state index contributed by atoms with van der Waals surface area (Å²) in [7, 11) is -3.67. The average Bonchev–Trinajstić information content (AvgIpc) is 3.32. The maximum absolute atomic E-state index is 15.6. The fraction of sp³-hybridized carbons (Fsp3) is 0.273. The van der Waals surface area contributed by atoms with Crippen molar-refractivity contribution in [3.8, 4) is 16.8 Å². The normalized spacial score (nSPS) is 14.8. The first kappa shape index (κ1) is 21.5. The molecule has 0 aliphatic carbocycles. The van der Waals surface area contributed by atoms with E-state index in [4.69, 9.17) is 5.73 Å². The van der Waals surface area contributed by atoms with Crippen LogP contribution in [0.25, 0.3) is 27.7 Å². The molecule has 0 unspecified atom stereocenters. The summed E-state index contributed by atoms with van der Waals surface area (Å²) in [5.74, 6) is -0.0577. The van der Waals surface area contributed by atoms with Gasteiger partial charge in [-0.15, -0.1) is 10.2 Å². The number of nitrogens with zero attached hydrogens (tertiary/aromatic N) is 4. The van der Waals surface area contributed by atoms with Crippen LogP contribution in [0.1, 0.15) is 31.1 Å². The molecule has 0 radical (unpaired) electrons. The Kier molecular flexibility index (Phi) is 4.47. The van der Waals surface area contributed by atoms with E-state index in [1.807, 2.05) is 13.8 Å². The summed E-state index contributed by atoms with van der Waals surface area (Å²) in [5.41, 5.74) is 7.60. The van der Waals surface area contributed by atoms with Crippen LogP contribution in [-0.2, 0) is 22.1 Å². The highest BCUT2D eigenvalue weighted by Crippen LogP contribution is 2.44. The van der Waals surface area contributed by atoms with Gasteiger partial charge in [0.1, 0.15) is 17.5 Å². The summed E-state index contributed by atoms with van der Waals surface area (Å²) in [6.45, 7) is 5.52. The van der Waals surface area contributed by atoms with Crippen molar-refractivity contribution in [2.45, 2.75) is 32.9 Å². The predicted molar refractivity (Wildman–Crippen MR) is 122 cm³/mol. The quantitative estimate of drug-likeness (QED) is 0.473. The summed E-state index contributed by atoms with van der Waals surface area (Å²) in [6.07, 6.45) is 2.39. The van der Waals surface area contributed by atoms with E-state index in [1.165, 1.54) is 18.3 Å². The van der Waals surface area contributed by atoms with Crippen LogP contribution in [0, 0.1) is 18.6 Å². The average molecular weight is 473 g/mol. The van der Waals surface area contributed by atoms with Crippen LogP contribution >= 0.6 is 0 Å². The number of nitrogens with two attached hydrogens (primary N) is 1. The van der Waals surface area contributed by atoms with E-state index in [1.54, 1.807) is 17.6 Å². The minimum Gasteiger partial charge on any atom is -0.369 e. The molecular formula is C22H22F2N6O2S. The van der Waals surface area contributed by atoms with E-state index < -0.39 is 27.2 Å². The van der Waals surface area contributed by atoms with Gasteiger partial charge in [0.25, 0.3) is 0 Å². The van der Waals surface area contributed by atoms with E-state index in [0.717, 1.165) is 16.3 Å². The summed E-state index contributed by atoms with van der Waals surface area (Å²) in [6, 6.07) is 5.28. The molecule has 1 aliphatic heterocycles. The van der Waals surface area contributed by atoms with Crippen LogP contribution in [0.5, 0.6) is 0 Å². The number of aromatic nitrogens is 4. The molecule has 172 valence electrons. The topological polar surface area (TPSA) is 108 Å². The number of rotatable bonds is 3. The Morgan fingerprint density at radius 2 is 1.88 bits per heavy atom. The molecule has 11 heteroatoms. The predicted octanol–water partition coefficient (Wildman–Crippen LogP) is 3.40. The molecule has 8 nitrogen and oxygen atoms in total. The smallest absolute Gasteiger partial charge is 0.236 e. The van der Waals surface area contributed by atoms with Crippen molar-refractivity contribution in [1.29, 1.82) is 0 Å². The van der Waals surface area contributed by atoms with Crippen LogP contribution < -0.4 is 11.1 Å². The minimum absolute atomic E-state index is 0.0158. The SMILES string of the molecule is Cc1nnc2n1-c1c(CN)c(-c3cc(F)cc4c3ccn4S(C)(=O)=O)cc(F)c1NC2(C)C. The maximum Gasteiger partial charge on any atom is 0.236 e. The van der Waals surface area contributed by atoms with Gasteiger partial charge in [0, 0.05) is 23.7 Å². The van der Waals surface area contributed by atoms with Gasteiger partial charge >= 0.3 is 0 Å². The van der Waals surface area contributed by atoms with Crippen LogP contribution in [0.2, 0.25) is 0 Å². The first-order valence-electron chi connectivity index (χ1n) is 10.2. The monoisotopic (exact) mass is 472 g/mol. The molecule has 5 rings (SSSR count). The van der Waals surface area contributed by atoms with Crippen LogP contribution in [0.15, 0.2) is 30.5 Å². The Bertz CT molecular complexity index is 1570. The lowest BCUT2D eigenvalue weighted by Gasteiger charge is -2.35. The molecule has 2 aromatic carbocycles.